The summed E-state index contributed by atoms with van der Waals surface area (Å²) in [6.07, 6.45) is -4.29. The fourth-order valence-corrected chi connectivity index (χ4v) is 3.73. The molecule has 2 aromatic carbocycles. The van der Waals surface area contributed by atoms with Crippen molar-refractivity contribution in [3.63, 3.8) is 0 Å². The molecule has 4 heterocycles. The van der Waals surface area contributed by atoms with E-state index in [1.165, 1.54) is 0 Å². The molecule has 6 rings (SSSR count). The SMILES string of the molecule is Fc1c[c-]c(-c2ccc(C(F)(F)F)cn2)c(F)c1.Fc1c[c-]c(-c2ccc(C(F)(F)F)cn2)c(F)c1.[Ir].c1ccc(-c2ccccn2)nc1. The van der Waals surface area contributed by atoms with E-state index in [1.807, 2.05) is 36.4 Å². The number of benzene rings is 2. The van der Waals surface area contributed by atoms with Crippen LogP contribution in [0.5, 0.6) is 0 Å². The molecular formula is C34H18F10IrN4-2. The van der Waals surface area contributed by atoms with E-state index in [9.17, 15) is 43.9 Å². The first kappa shape index (κ1) is 38.4. The number of rotatable bonds is 3. The van der Waals surface area contributed by atoms with Gasteiger partial charge in [-0.2, -0.15) is 26.3 Å². The molecule has 0 atom stereocenters. The van der Waals surface area contributed by atoms with Gasteiger partial charge in [0.15, 0.2) is 0 Å². The quantitative estimate of drug-likeness (QED) is 0.131. The smallest absolute Gasteiger partial charge is 0.304 e. The first-order chi connectivity index (χ1) is 22.7. The zero-order valence-corrected chi connectivity index (χ0v) is 26.7. The number of pyridine rings is 4. The average Bonchev–Trinajstić information content (AvgIpc) is 3.06. The molecule has 0 saturated carbocycles. The largest absolute Gasteiger partial charge is 0.417 e. The zero-order chi connectivity index (χ0) is 34.9. The Bertz CT molecular complexity index is 1780. The molecule has 0 saturated heterocycles. The van der Waals surface area contributed by atoms with Crippen LogP contribution in [0.1, 0.15) is 11.1 Å². The van der Waals surface area contributed by atoms with Crippen molar-refractivity contribution in [3.05, 3.63) is 156 Å². The first-order valence-corrected chi connectivity index (χ1v) is 13.4. The summed E-state index contributed by atoms with van der Waals surface area (Å²) in [5.74, 6) is -3.49. The van der Waals surface area contributed by atoms with Crippen molar-refractivity contribution >= 4 is 0 Å². The van der Waals surface area contributed by atoms with Gasteiger partial charge in [0.2, 0.25) is 0 Å². The summed E-state index contributed by atoms with van der Waals surface area (Å²) in [6.45, 7) is 0. The van der Waals surface area contributed by atoms with E-state index < -0.39 is 46.7 Å². The molecule has 0 aliphatic rings. The second kappa shape index (κ2) is 16.9. The van der Waals surface area contributed by atoms with Crippen molar-refractivity contribution in [2.45, 2.75) is 12.4 Å². The van der Waals surface area contributed by atoms with Gasteiger partial charge >= 0.3 is 12.4 Å². The Balaban J connectivity index is 0.000000201. The van der Waals surface area contributed by atoms with E-state index in [0.717, 1.165) is 47.8 Å². The number of halogens is 10. The molecule has 0 N–H and O–H groups in total. The van der Waals surface area contributed by atoms with Crippen molar-refractivity contribution in [2.75, 3.05) is 0 Å². The van der Waals surface area contributed by atoms with Gasteiger partial charge in [-0.15, -0.1) is 24.3 Å². The number of hydrogen-bond donors (Lipinski definition) is 0. The molecule has 255 valence electrons. The zero-order valence-electron chi connectivity index (χ0n) is 24.3. The minimum Gasteiger partial charge on any atom is -0.304 e. The third kappa shape index (κ3) is 11.0. The van der Waals surface area contributed by atoms with Crippen LogP contribution in [0.2, 0.25) is 0 Å². The number of aromatic nitrogens is 4. The van der Waals surface area contributed by atoms with E-state index in [4.69, 9.17) is 0 Å². The van der Waals surface area contributed by atoms with Crippen LogP contribution in [-0.4, -0.2) is 19.9 Å². The Morgan fingerprint density at radius 1 is 0.469 bits per heavy atom. The van der Waals surface area contributed by atoms with Crippen molar-refractivity contribution in [2.24, 2.45) is 0 Å². The number of alkyl halides is 6. The van der Waals surface area contributed by atoms with Crippen LogP contribution in [0.4, 0.5) is 43.9 Å². The Labute approximate surface area is 285 Å². The fourth-order valence-electron chi connectivity index (χ4n) is 3.73. The van der Waals surface area contributed by atoms with Crippen LogP contribution >= 0.6 is 0 Å². The summed E-state index contributed by atoms with van der Waals surface area (Å²) in [5, 5.41) is 0. The van der Waals surface area contributed by atoms with Crippen LogP contribution < -0.4 is 0 Å². The molecule has 0 aliphatic carbocycles. The third-order valence-corrected chi connectivity index (χ3v) is 6.00. The number of nitrogens with zero attached hydrogens (tertiary/aromatic N) is 4. The summed E-state index contributed by atoms with van der Waals surface area (Å²) in [6, 6.07) is 22.7. The summed E-state index contributed by atoms with van der Waals surface area (Å²) in [5.41, 5.74) is -0.477. The van der Waals surface area contributed by atoms with E-state index in [1.54, 1.807) is 12.4 Å². The second-order valence-electron chi connectivity index (χ2n) is 9.37. The molecule has 4 aromatic heterocycles. The third-order valence-electron chi connectivity index (χ3n) is 6.00. The van der Waals surface area contributed by atoms with E-state index >= 15 is 0 Å². The van der Waals surface area contributed by atoms with Gasteiger partial charge in [0.1, 0.15) is 0 Å². The number of hydrogen-bond acceptors (Lipinski definition) is 4. The van der Waals surface area contributed by atoms with Gasteiger partial charge in [-0.25, -0.2) is 0 Å². The molecular weight excluding hydrogens is 847 g/mol. The van der Waals surface area contributed by atoms with Crippen molar-refractivity contribution < 1.29 is 64.0 Å². The predicted octanol–water partition coefficient (Wildman–Crippen LogP) is 9.83. The van der Waals surface area contributed by atoms with Crippen LogP contribution in [0.15, 0.2) is 110 Å². The minimum absolute atomic E-state index is 0. The molecule has 1 radical (unpaired) electrons. The summed E-state index contributed by atoms with van der Waals surface area (Å²) < 4.78 is 126. The van der Waals surface area contributed by atoms with Crippen LogP contribution in [0.25, 0.3) is 33.9 Å². The normalized spacial score (nSPS) is 10.9. The molecule has 0 fully saturated rings. The monoisotopic (exact) mass is 865 g/mol. The topological polar surface area (TPSA) is 51.6 Å². The molecule has 0 spiro atoms. The standard InChI is InChI=1S/2C12H5F5N.C10H8N2.Ir/c2*13-8-2-3-9(10(14)5-8)11-4-1-7(6-18-11)12(15,16)17;1-3-7-11-9(5-1)10-6-2-4-8-12-10;/h2*1-2,4-6H;1-8H;/q2*-1;;. The van der Waals surface area contributed by atoms with Gasteiger partial charge in [-0.1, -0.05) is 59.7 Å². The Hall–Kier alpha value is -5.01. The van der Waals surface area contributed by atoms with Gasteiger partial charge in [-0.05, 0) is 35.7 Å². The summed E-state index contributed by atoms with van der Waals surface area (Å²) >= 11 is 0. The van der Waals surface area contributed by atoms with Crippen molar-refractivity contribution in [1.82, 2.24) is 19.9 Å². The fraction of sp³-hybridized carbons (Fsp3) is 0.0588. The summed E-state index contributed by atoms with van der Waals surface area (Å²) in [7, 11) is 0. The maximum atomic E-state index is 13.3. The Morgan fingerprint density at radius 2 is 0.857 bits per heavy atom. The Morgan fingerprint density at radius 3 is 1.12 bits per heavy atom. The molecule has 6 aromatic rings. The molecule has 0 aliphatic heterocycles. The van der Waals surface area contributed by atoms with Gasteiger partial charge in [0.25, 0.3) is 0 Å². The van der Waals surface area contributed by atoms with Crippen LogP contribution in [-0.2, 0) is 32.5 Å². The van der Waals surface area contributed by atoms with Gasteiger partial charge in [-0.3, -0.25) is 27.5 Å². The molecule has 0 bridgehead atoms. The van der Waals surface area contributed by atoms with Crippen LogP contribution in [0, 0.1) is 35.4 Å². The maximum Gasteiger partial charge on any atom is 0.417 e. The van der Waals surface area contributed by atoms with E-state index in [2.05, 4.69) is 32.1 Å². The first-order valence-electron chi connectivity index (χ1n) is 13.4. The average molecular weight is 865 g/mol. The molecule has 15 heteroatoms. The van der Waals surface area contributed by atoms with Gasteiger partial charge in [0, 0.05) is 68.2 Å². The Kier molecular flexibility index (Phi) is 13.2. The second-order valence-corrected chi connectivity index (χ2v) is 9.37. The molecule has 0 amide bonds. The molecule has 4 nitrogen and oxygen atoms in total. The van der Waals surface area contributed by atoms with E-state index in [-0.39, 0.29) is 42.6 Å². The maximum absolute atomic E-state index is 13.3. The molecule has 49 heavy (non-hydrogen) atoms. The van der Waals surface area contributed by atoms with Gasteiger partial charge < -0.3 is 9.97 Å². The molecule has 0 unspecified atom stereocenters. The summed E-state index contributed by atoms with van der Waals surface area (Å²) in [4.78, 5) is 15.4. The van der Waals surface area contributed by atoms with Crippen molar-refractivity contribution in [3.8, 4) is 33.9 Å². The van der Waals surface area contributed by atoms with Gasteiger partial charge in [0.05, 0.1) is 22.5 Å². The minimum atomic E-state index is -4.50. The van der Waals surface area contributed by atoms with Crippen LogP contribution in [0.3, 0.4) is 0 Å². The van der Waals surface area contributed by atoms with Crippen molar-refractivity contribution in [1.29, 1.82) is 0 Å². The predicted molar refractivity (Wildman–Crippen MR) is 154 cm³/mol. The van der Waals surface area contributed by atoms with E-state index in [0.29, 0.717) is 24.5 Å².